The molecule has 1 atom stereocenters. The summed E-state index contributed by atoms with van der Waals surface area (Å²) in [5.41, 5.74) is 5.79. The van der Waals surface area contributed by atoms with Gasteiger partial charge in [-0.3, -0.25) is 4.79 Å². The van der Waals surface area contributed by atoms with Crippen LogP contribution in [0.15, 0.2) is 29.4 Å². The lowest BCUT2D eigenvalue weighted by atomic mass is 9.95. The van der Waals surface area contributed by atoms with Crippen LogP contribution in [-0.4, -0.2) is 11.6 Å². The smallest absolute Gasteiger partial charge is 0.249 e. The molecular weight excluding hydrogens is 188 g/mol. The van der Waals surface area contributed by atoms with Gasteiger partial charge in [-0.1, -0.05) is 29.8 Å². The normalized spacial score (nSPS) is 20.0. The van der Waals surface area contributed by atoms with Crippen LogP contribution in [-0.2, 0) is 11.2 Å². The molecule has 0 spiro atoms. The largest absolute Gasteiger partial charge is 0.272 e. The van der Waals surface area contributed by atoms with E-state index >= 15 is 0 Å². The van der Waals surface area contributed by atoms with Crippen molar-refractivity contribution in [1.29, 1.82) is 0 Å². The molecule has 2 rings (SSSR count). The van der Waals surface area contributed by atoms with Gasteiger partial charge in [0.15, 0.2) is 0 Å². The maximum atomic E-state index is 11.4. The van der Waals surface area contributed by atoms with E-state index in [0.29, 0.717) is 0 Å². The van der Waals surface area contributed by atoms with E-state index in [-0.39, 0.29) is 11.8 Å². The van der Waals surface area contributed by atoms with Gasteiger partial charge < -0.3 is 0 Å². The highest BCUT2D eigenvalue weighted by molar-refractivity contribution is 6.07. The quantitative estimate of drug-likeness (QED) is 0.778. The fourth-order valence-electron chi connectivity index (χ4n) is 1.69. The number of carbonyl (C=O) groups excluding carboxylic acids is 1. The van der Waals surface area contributed by atoms with Crippen molar-refractivity contribution in [2.75, 3.05) is 0 Å². The van der Waals surface area contributed by atoms with Crippen molar-refractivity contribution < 1.29 is 4.79 Å². The summed E-state index contributed by atoms with van der Waals surface area (Å²) in [5.74, 6) is -0.0826. The molecule has 1 aliphatic heterocycles. The lowest BCUT2D eigenvalue weighted by molar-refractivity contribution is -0.122. The summed E-state index contributed by atoms with van der Waals surface area (Å²) >= 11 is 0. The topological polar surface area (TPSA) is 41.5 Å². The first kappa shape index (κ1) is 9.90. The maximum Gasteiger partial charge on any atom is 0.249 e. The molecule has 0 aliphatic carbocycles. The molecular formula is C12H14N2O. The number of nitrogens with zero attached hydrogens (tertiary/aromatic N) is 1. The second-order valence-corrected chi connectivity index (χ2v) is 3.97. The zero-order valence-electron chi connectivity index (χ0n) is 8.95. The molecule has 1 N–H and O–H groups in total. The Hall–Kier alpha value is -1.64. The zero-order chi connectivity index (χ0) is 10.8. The molecule has 1 amide bonds. The van der Waals surface area contributed by atoms with E-state index in [9.17, 15) is 4.79 Å². The molecule has 0 aromatic heterocycles. The highest BCUT2D eigenvalue weighted by Crippen LogP contribution is 2.15. The van der Waals surface area contributed by atoms with Crippen LogP contribution >= 0.6 is 0 Å². The van der Waals surface area contributed by atoms with Crippen molar-refractivity contribution in [3.05, 3.63) is 35.4 Å². The van der Waals surface area contributed by atoms with Gasteiger partial charge in [-0.2, -0.15) is 5.10 Å². The fourth-order valence-corrected chi connectivity index (χ4v) is 1.69. The van der Waals surface area contributed by atoms with Crippen molar-refractivity contribution in [1.82, 2.24) is 5.43 Å². The first-order valence-corrected chi connectivity index (χ1v) is 5.06. The van der Waals surface area contributed by atoms with Crippen molar-refractivity contribution in [3.63, 3.8) is 0 Å². The summed E-state index contributed by atoms with van der Waals surface area (Å²) in [7, 11) is 0. The van der Waals surface area contributed by atoms with Gasteiger partial charge in [0, 0.05) is 5.71 Å². The molecule has 1 aliphatic rings. The van der Waals surface area contributed by atoms with Crippen molar-refractivity contribution >= 4 is 11.6 Å². The number of benzene rings is 1. The van der Waals surface area contributed by atoms with Gasteiger partial charge in [-0.25, -0.2) is 5.43 Å². The summed E-state index contributed by atoms with van der Waals surface area (Å²) in [6.07, 6.45) is 0.738. The second kappa shape index (κ2) is 3.85. The summed E-state index contributed by atoms with van der Waals surface area (Å²) in [6, 6.07) is 8.26. The number of rotatable bonds is 2. The van der Waals surface area contributed by atoms with E-state index < -0.39 is 0 Å². The van der Waals surface area contributed by atoms with Crippen molar-refractivity contribution in [2.45, 2.75) is 20.3 Å². The van der Waals surface area contributed by atoms with Crippen LogP contribution < -0.4 is 5.43 Å². The Morgan fingerprint density at radius 2 is 1.93 bits per heavy atom. The van der Waals surface area contributed by atoms with Crippen LogP contribution in [0.25, 0.3) is 0 Å². The van der Waals surface area contributed by atoms with Crippen LogP contribution in [0.3, 0.4) is 0 Å². The summed E-state index contributed by atoms with van der Waals surface area (Å²) in [5, 5.41) is 3.93. The SMILES string of the molecule is CC1=NNC(=O)[C@H]1Cc1ccc(C)cc1. The third-order valence-corrected chi connectivity index (χ3v) is 2.72. The van der Waals surface area contributed by atoms with E-state index in [1.807, 2.05) is 6.92 Å². The minimum Gasteiger partial charge on any atom is -0.272 e. The molecule has 3 nitrogen and oxygen atoms in total. The summed E-state index contributed by atoms with van der Waals surface area (Å²) < 4.78 is 0. The van der Waals surface area contributed by atoms with Gasteiger partial charge >= 0.3 is 0 Å². The fraction of sp³-hybridized carbons (Fsp3) is 0.333. The summed E-state index contributed by atoms with van der Waals surface area (Å²) in [6.45, 7) is 3.94. The van der Waals surface area contributed by atoms with Crippen molar-refractivity contribution in [2.24, 2.45) is 11.0 Å². The standard InChI is InChI=1S/C12H14N2O/c1-8-3-5-10(6-4-8)7-11-9(2)13-14-12(11)15/h3-6,11H,7H2,1-2H3,(H,14,15)/t11-/m0/s1. The second-order valence-electron chi connectivity index (χ2n) is 3.97. The number of aryl methyl sites for hydroxylation is 1. The van der Waals surface area contributed by atoms with E-state index in [2.05, 4.69) is 41.7 Å². The van der Waals surface area contributed by atoms with Crippen LogP contribution in [0.5, 0.6) is 0 Å². The van der Waals surface area contributed by atoms with Gasteiger partial charge in [0.05, 0.1) is 5.92 Å². The van der Waals surface area contributed by atoms with Crippen LogP contribution in [0.2, 0.25) is 0 Å². The predicted octanol–water partition coefficient (Wildman–Crippen LogP) is 1.66. The molecule has 1 aromatic rings. The Morgan fingerprint density at radius 3 is 2.47 bits per heavy atom. The minimum atomic E-state index is -0.0901. The predicted molar refractivity (Wildman–Crippen MR) is 59.6 cm³/mol. The molecule has 0 radical (unpaired) electrons. The molecule has 0 fully saturated rings. The molecule has 1 heterocycles. The van der Waals surface area contributed by atoms with Crippen LogP contribution in [0, 0.1) is 12.8 Å². The Bertz CT molecular complexity index is 406. The lowest BCUT2D eigenvalue weighted by Gasteiger charge is -2.07. The Balaban J connectivity index is 2.12. The third-order valence-electron chi connectivity index (χ3n) is 2.72. The molecule has 0 bridgehead atoms. The number of hydrazone groups is 1. The third kappa shape index (κ3) is 2.06. The summed E-state index contributed by atoms with van der Waals surface area (Å²) in [4.78, 5) is 11.4. The minimum absolute atomic E-state index is 0.00748. The molecule has 0 saturated carbocycles. The maximum absolute atomic E-state index is 11.4. The average Bonchev–Trinajstić information content (AvgIpc) is 2.53. The highest BCUT2D eigenvalue weighted by atomic mass is 16.2. The van der Waals surface area contributed by atoms with Gasteiger partial charge in [-0.15, -0.1) is 0 Å². The van der Waals surface area contributed by atoms with Gasteiger partial charge in [0.2, 0.25) is 5.91 Å². The lowest BCUT2D eigenvalue weighted by Crippen LogP contribution is -2.24. The van der Waals surface area contributed by atoms with E-state index in [4.69, 9.17) is 0 Å². The van der Waals surface area contributed by atoms with E-state index in [0.717, 1.165) is 12.1 Å². The van der Waals surface area contributed by atoms with E-state index in [1.165, 1.54) is 11.1 Å². The van der Waals surface area contributed by atoms with Crippen LogP contribution in [0.1, 0.15) is 18.1 Å². The number of hydrogen-bond acceptors (Lipinski definition) is 2. The molecule has 0 unspecified atom stereocenters. The molecule has 0 saturated heterocycles. The first-order chi connectivity index (χ1) is 7.16. The number of amides is 1. The van der Waals surface area contributed by atoms with Gasteiger partial charge in [0.25, 0.3) is 0 Å². The Morgan fingerprint density at radius 1 is 1.27 bits per heavy atom. The number of nitrogens with one attached hydrogen (secondary N) is 1. The Labute approximate surface area is 89.2 Å². The molecule has 15 heavy (non-hydrogen) atoms. The molecule has 78 valence electrons. The zero-order valence-corrected chi connectivity index (χ0v) is 8.95. The van der Waals surface area contributed by atoms with Crippen molar-refractivity contribution in [3.8, 4) is 0 Å². The van der Waals surface area contributed by atoms with E-state index in [1.54, 1.807) is 0 Å². The number of carbonyl (C=O) groups is 1. The van der Waals surface area contributed by atoms with Gasteiger partial charge in [0.1, 0.15) is 0 Å². The average molecular weight is 202 g/mol. The molecule has 3 heteroatoms. The molecule has 1 aromatic carbocycles. The Kier molecular flexibility index (Phi) is 2.54. The first-order valence-electron chi connectivity index (χ1n) is 5.06. The highest BCUT2D eigenvalue weighted by Gasteiger charge is 2.26. The van der Waals surface area contributed by atoms with Crippen LogP contribution in [0.4, 0.5) is 0 Å². The number of hydrogen-bond donors (Lipinski definition) is 1. The van der Waals surface area contributed by atoms with Gasteiger partial charge in [-0.05, 0) is 25.8 Å². The monoisotopic (exact) mass is 202 g/mol.